The summed E-state index contributed by atoms with van der Waals surface area (Å²) in [6.07, 6.45) is 3.28. The Morgan fingerprint density at radius 3 is 2.65 bits per heavy atom. The second kappa shape index (κ2) is 11.1. The molecule has 2 heterocycles. The highest BCUT2D eigenvalue weighted by molar-refractivity contribution is 5.75. The van der Waals surface area contributed by atoms with Gasteiger partial charge in [0.15, 0.2) is 5.82 Å². The fourth-order valence-electron chi connectivity index (χ4n) is 2.80. The van der Waals surface area contributed by atoms with Gasteiger partial charge in [-0.2, -0.15) is 4.98 Å². The van der Waals surface area contributed by atoms with E-state index in [-0.39, 0.29) is 11.8 Å². The van der Waals surface area contributed by atoms with E-state index in [9.17, 15) is 4.79 Å². The van der Waals surface area contributed by atoms with Crippen LogP contribution < -0.4 is 14.8 Å². The van der Waals surface area contributed by atoms with Crippen molar-refractivity contribution < 1.29 is 18.8 Å². The minimum Gasteiger partial charge on any atom is -0.494 e. The van der Waals surface area contributed by atoms with Crippen LogP contribution in [-0.4, -0.2) is 27.6 Å². The molecule has 8 nitrogen and oxygen atoms in total. The Kier molecular flexibility index (Phi) is 7.98. The molecule has 0 radical (unpaired) electrons. The third-order valence-electron chi connectivity index (χ3n) is 4.44. The second-order valence-electron chi connectivity index (χ2n) is 7.34. The largest absolute Gasteiger partial charge is 0.494 e. The molecule has 0 aliphatic rings. The molecule has 164 valence electrons. The van der Waals surface area contributed by atoms with Crippen LogP contribution in [-0.2, 0) is 17.8 Å². The zero-order chi connectivity index (χ0) is 22.1. The molecule has 1 amide bonds. The van der Waals surface area contributed by atoms with Crippen LogP contribution in [0.5, 0.6) is 17.4 Å². The third-order valence-corrected chi connectivity index (χ3v) is 4.44. The number of amides is 1. The lowest BCUT2D eigenvalue weighted by Gasteiger charge is -2.09. The molecule has 0 saturated carbocycles. The normalized spacial score (nSPS) is 10.8. The average molecular weight is 425 g/mol. The minimum absolute atomic E-state index is 0.0330. The first-order chi connectivity index (χ1) is 15.0. The number of carbonyl (C=O) groups is 1. The van der Waals surface area contributed by atoms with Crippen LogP contribution >= 0.6 is 0 Å². The lowest BCUT2D eigenvalue weighted by Crippen LogP contribution is -2.22. The van der Waals surface area contributed by atoms with Crippen LogP contribution in [0.4, 0.5) is 0 Å². The van der Waals surface area contributed by atoms with Crippen LogP contribution in [0.15, 0.2) is 47.1 Å². The fraction of sp³-hybridized carbons (Fsp3) is 0.391. The van der Waals surface area contributed by atoms with Gasteiger partial charge in [-0.3, -0.25) is 4.79 Å². The summed E-state index contributed by atoms with van der Waals surface area (Å²) < 4.78 is 16.4. The molecular weight excluding hydrogens is 396 g/mol. The SMILES string of the molecule is CCOc1ccc(Oc2cc(CNC(=O)CCCc3nc(C(C)C)no3)ccn2)cc1. The second-order valence-corrected chi connectivity index (χ2v) is 7.34. The summed E-state index contributed by atoms with van der Waals surface area (Å²) in [6.45, 7) is 6.98. The molecule has 0 spiro atoms. The fourth-order valence-corrected chi connectivity index (χ4v) is 2.80. The summed E-state index contributed by atoms with van der Waals surface area (Å²) in [6, 6.07) is 11.0. The monoisotopic (exact) mass is 424 g/mol. The number of rotatable bonds is 11. The molecule has 31 heavy (non-hydrogen) atoms. The molecule has 2 aromatic heterocycles. The molecule has 0 aliphatic carbocycles. The third kappa shape index (κ3) is 7.09. The van der Waals surface area contributed by atoms with Gasteiger partial charge in [-0.1, -0.05) is 19.0 Å². The molecule has 1 aromatic carbocycles. The van der Waals surface area contributed by atoms with Gasteiger partial charge in [0, 0.05) is 37.6 Å². The van der Waals surface area contributed by atoms with E-state index in [0.29, 0.717) is 55.8 Å². The van der Waals surface area contributed by atoms with Crippen molar-refractivity contribution >= 4 is 5.91 Å². The predicted molar refractivity (Wildman–Crippen MR) is 115 cm³/mol. The lowest BCUT2D eigenvalue weighted by molar-refractivity contribution is -0.121. The van der Waals surface area contributed by atoms with E-state index in [1.54, 1.807) is 6.20 Å². The van der Waals surface area contributed by atoms with Gasteiger partial charge in [-0.05, 0) is 49.2 Å². The van der Waals surface area contributed by atoms with Crippen molar-refractivity contribution in [3.8, 4) is 17.4 Å². The molecule has 0 aliphatic heterocycles. The number of hydrogen-bond donors (Lipinski definition) is 1. The van der Waals surface area contributed by atoms with Gasteiger partial charge < -0.3 is 19.3 Å². The molecular formula is C23H28N4O4. The first kappa shape index (κ1) is 22.3. The van der Waals surface area contributed by atoms with E-state index in [1.807, 2.05) is 57.2 Å². The number of pyridine rings is 1. The van der Waals surface area contributed by atoms with Crippen LogP contribution in [0.1, 0.15) is 56.8 Å². The molecule has 0 saturated heterocycles. The zero-order valence-electron chi connectivity index (χ0n) is 18.1. The molecule has 0 bridgehead atoms. The van der Waals surface area contributed by atoms with Gasteiger partial charge in [0.1, 0.15) is 11.5 Å². The number of nitrogens with zero attached hydrogens (tertiary/aromatic N) is 3. The Bertz CT molecular complexity index is 970. The summed E-state index contributed by atoms with van der Waals surface area (Å²) in [5.74, 6) is 3.38. The smallest absolute Gasteiger partial charge is 0.226 e. The number of aromatic nitrogens is 3. The van der Waals surface area contributed by atoms with Gasteiger partial charge in [-0.15, -0.1) is 0 Å². The van der Waals surface area contributed by atoms with E-state index >= 15 is 0 Å². The van der Waals surface area contributed by atoms with Crippen molar-refractivity contribution in [3.05, 3.63) is 59.9 Å². The van der Waals surface area contributed by atoms with E-state index < -0.39 is 0 Å². The van der Waals surface area contributed by atoms with Crippen LogP contribution in [0.3, 0.4) is 0 Å². The zero-order valence-corrected chi connectivity index (χ0v) is 18.1. The van der Waals surface area contributed by atoms with Gasteiger partial charge in [0.25, 0.3) is 0 Å². The first-order valence-electron chi connectivity index (χ1n) is 10.5. The summed E-state index contributed by atoms with van der Waals surface area (Å²) in [5.41, 5.74) is 0.905. The van der Waals surface area contributed by atoms with Gasteiger partial charge in [-0.25, -0.2) is 4.98 Å². The number of nitrogens with one attached hydrogen (secondary N) is 1. The summed E-state index contributed by atoms with van der Waals surface area (Å²) in [7, 11) is 0. The first-order valence-corrected chi connectivity index (χ1v) is 10.5. The number of hydrogen-bond acceptors (Lipinski definition) is 7. The standard InChI is InChI=1S/C23H28N4O4/c1-4-29-18-8-10-19(11-9-18)30-22-14-17(12-13-24-22)15-25-20(28)6-5-7-21-26-23(16(2)3)27-31-21/h8-14,16H,4-7,15H2,1-3H3,(H,25,28). The quantitative estimate of drug-likeness (QED) is 0.486. The molecule has 8 heteroatoms. The number of carbonyl (C=O) groups excluding carboxylic acids is 1. The summed E-state index contributed by atoms with van der Waals surface area (Å²) in [4.78, 5) is 20.7. The maximum absolute atomic E-state index is 12.1. The number of ether oxygens (including phenoxy) is 2. The molecule has 0 atom stereocenters. The van der Waals surface area contributed by atoms with E-state index in [4.69, 9.17) is 14.0 Å². The molecule has 3 rings (SSSR count). The summed E-state index contributed by atoms with van der Waals surface area (Å²) in [5, 5.41) is 6.85. The minimum atomic E-state index is -0.0330. The van der Waals surface area contributed by atoms with Crippen molar-refractivity contribution in [2.24, 2.45) is 0 Å². The molecule has 0 fully saturated rings. The topological polar surface area (TPSA) is 99.4 Å². The highest BCUT2D eigenvalue weighted by Gasteiger charge is 2.10. The van der Waals surface area contributed by atoms with Crippen LogP contribution in [0, 0.1) is 0 Å². The van der Waals surface area contributed by atoms with Crippen molar-refractivity contribution in [2.45, 2.75) is 52.5 Å². The Labute approximate surface area is 182 Å². The summed E-state index contributed by atoms with van der Waals surface area (Å²) >= 11 is 0. The van der Waals surface area contributed by atoms with Crippen molar-refractivity contribution in [1.82, 2.24) is 20.4 Å². The van der Waals surface area contributed by atoms with Crippen LogP contribution in [0.2, 0.25) is 0 Å². The highest BCUT2D eigenvalue weighted by Crippen LogP contribution is 2.23. The maximum atomic E-state index is 12.1. The van der Waals surface area contributed by atoms with Crippen molar-refractivity contribution in [3.63, 3.8) is 0 Å². The Balaban J connectivity index is 1.43. The Morgan fingerprint density at radius 2 is 1.94 bits per heavy atom. The molecule has 3 aromatic rings. The van der Waals surface area contributed by atoms with Crippen molar-refractivity contribution in [2.75, 3.05) is 6.61 Å². The number of benzene rings is 1. The van der Waals surface area contributed by atoms with E-state index in [1.165, 1.54) is 0 Å². The molecule has 1 N–H and O–H groups in total. The van der Waals surface area contributed by atoms with Gasteiger partial charge >= 0.3 is 0 Å². The average Bonchev–Trinajstić information content (AvgIpc) is 3.24. The van der Waals surface area contributed by atoms with Crippen LogP contribution in [0.25, 0.3) is 0 Å². The lowest BCUT2D eigenvalue weighted by atomic mass is 10.2. The predicted octanol–water partition coefficient (Wildman–Crippen LogP) is 4.42. The van der Waals surface area contributed by atoms with E-state index in [2.05, 4.69) is 20.4 Å². The van der Waals surface area contributed by atoms with Gasteiger partial charge in [0.05, 0.1) is 6.61 Å². The highest BCUT2D eigenvalue weighted by atomic mass is 16.5. The van der Waals surface area contributed by atoms with Gasteiger partial charge in [0.2, 0.25) is 17.7 Å². The number of aryl methyl sites for hydroxylation is 1. The maximum Gasteiger partial charge on any atom is 0.226 e. The van der Waals surface area contributed by atoms with Crippen molar-refractivity contribution in [1.29, 1.82) is 0 Å². The molecule has 0 unspecified atom stereocenters. The Hall–Kier alpha value is -3.42. The Morgan fingerprint density at radius 1 is 1.16 bits per heavy atom. The van der Waals surface area contributed by atoms with E-state index in [0.717, 1.165) is 11.3 Å².